The molecule has 0 bridgehead atoms. The summed E-state index contributed by atoms with van der Waals surface area (Å²) in [4.78, 5) is 21.3. The highest BCUT2D eigenvalue weighted by Crippen LogP contribution is 2.28. The molecule has 0 fully saturated rings. The highest BCUT2D eigenvalue weighted by atomic mass is 28.5. The summed E-state index contributed by atoms with van der Waals surface area (Å²) in [5, 5.41) is 17.6. The lowest BCUT2D eigenvalue weighted by Crippen LogP contribution is -2.56. The third kappa shape index (κ3) is 16.1. The summed E-state index contributed by atoms with van der Waals surface area (Å²) in [7, 11) is -8.64. The molecular weight excluding hydrogens is 441 g/mol. The maximum Gasteiger partial charge on any atom is 0.312 e. The van der Waals surface area contributed by atoms with Crippen LogP contribution in [0.15, 0.2) is 0 Å². The monoisotopic (exact) mass is 482 g/mol. The molecular formula is C18H42O7Si4. The maximum absolute atomic E-state index is 10.7. The first-order valence-electron chi connectivity index (χ1n) is 10.5. The molecule has 172 valence electrons. The van der Waals surface area contributed by atoms with Crippen molar-refractivity contribution in [3.05, 3.63) is 0 Å². The first-order chi connectivity index (χ1) is 13.0. The zero-order chi connectivity index (χ0) is 22.9. The summed E-state index contributed by atoms with van der Waals surface area (Å²) in [6.07, 6.45) is 3.52. The first kappa shape index (κ1) is 28.7. The van der Waals surface area contributed by atoms with Gasteiger partial charge in [-0.1, -0.05) is 12.8 Å². The van der Waals surface area contributed by atoms with Crippen LogP contribution in [0.2, 0.25) is 64.5 Å². The van der Waals surface area contributed by atoms with E-state index in [1.807, 2.05) is 0 Å². The number of rotatable bonds is 16. The SMILES string of the molecule is C[Si](C)(CCCCC(=O)O)O[Si](C)(C)O[Si](C)(C)O[Si](C)(C)CCCCC(=O)O. The maximum atomic E-state index is 10.7. The summed E-state index contributed by atoms with van der Waals surface area (Å²) >= 11 is 0. The Bertz CT molecular complexity index is 490. The van der Waals surface area contributed by atoms with Crippen molar-refractivity contribution in [2.24, 2.45) is 0 Å². The van der Waals surface area contributed by atoms with E-state index < -0.39 is 45.7 Å². The molecule has 0 rings (SSSR count). The van der Waals surface area contributed by atoms with Gasteiger partial charge in [-0.15, -0.1) is 0 Å². The van der Waals surface area contributed by atoms with Gasteiger partial charge in [-0.05, 0) is 77.3 Å². The van der Waals surface area contributed by atoms with Crippen molar-refractivity contribution >= 4 is 45.7 Å². The third-order valence-corrected chi connectivity index (χ3v) is 19.8. The number of unbranched alkanes of at least 4 members (excludes halogenated alkanes) is 2. The molecule has 7 nitrogen and oxygen atoms in total. The largest absolute Gasteiger partial charge is 0.481 e. The van der Waals surface area contributed by atoms with Crippen LogP contribution in [-0.2, 0) is 21.9 Å². The van der Waals surface area contributed by atoms with E-state index in [1.165, 1.54) is 0 Å². The van der Waals surface area contributed by atoms with Crippen molar-refractivity contribution in [3.8, 4) is 0 Å². The zero-order valence-corrected chi connectivity index (χ0v) is 23.6. The molecule has 0 aromatic carbocycles. The number of hydrogen-bond donors (Lipinski definition) is 2. The van der Waals surface area contributed by atoms with E-state index in [1.54, 1.807) is 0 Å². The van der Waals surface area contributed by atoms with E-state index in [-0.39, 0.29) is 12.8 Å². The van der Waals surface area contributed by atoms with Crippen LogP contribution in [0, 0.1) is 0 Å². The van der Waals surface area contributed by atoms with E-state index in [4.69, 9.17) is 22.6 Å². The standard InChI is InChI=1S/C18H42O7Si4/c1-26(2,15-11-9-13-17(19)20)23-28(5,6)25-29(7,8)24-27(3,4)16-12-10-14-18(21)22/h9-16H2,1-8H3,(H,19,20)(H,21,22). The summed E-state index contributed by atoms with van der Waals surface area (Å²) in [6, 6.07) is 1.85. The molecule has 11 heteroatoms. The molecule has 0 aliphatic heterocycles. The fourth-order valence-corrected chi connectivity index (χ4v) is 23.2. The van der Waals surface area contributed by atoms with Crippen molar-refractivity contribution in [2.45, 2.75) is 103 Å². The van der Waals surface area contributed by atoms with Crippen LogP contribution < -0.4 is 0 Å². The first-order valence-corrected chi connectivity index (χ1v) is 22.4. The molecule has 0 aromatic rings. The van der Waals surface area contributed by atoms with Gasteiger partial charge in [-0.3, -0.25) is 9.59 Å². The number of hydrogen-bond acceptors (Lipinski definition) is 5. The molecule has 0 saturated carbocycles. The molecule has 0 aliphatic carbocycles. The second-order valence-electron chi connectivity index (χ2n) is 9.83. The fraction of sp³-hybridized carbons (Fsp3) is 0.889. The Morgan fingerprint density at radius 1 is 0.586 bits per heavy atom. The van der Waals surface area contributed by atoms with E-state index >= 15 is 0 Å². The van der Waals surface area contributed by atoms with E-state index in [0.29, 0.717) is 12.8 Å². The molecule has 0 radical (unpaired) electrons. The molecule has 0 heterocycles. The van der Waals surface area contributed by atoms with Gasteiger partial charge in [0.25, 0.3) is 0 Å². The van der Waals surface area contributed by atoms with Crippen LogP contribution >= 0.6 is 0 Å². The van der Waals surface area contributed by atoms with Gasteiger partial charge in [-0.2, -0.15) is 0 Å². The van der Waals surface area contributed by atoms with Crippen LogP contribution in [0.1, 0.15) is 38.5 Å². The molecule has 0 atom stereocenters. The van der Waals surface area contributed by atoms with Crippen LogP contribution in [-0.4, -0.2) is 55.9 Å². The van der Waals surface area contributed by atoms with E-state index in [9.17, 15) is 9.59 Å². The van der Waals surface area contributed by atoms with E-state index in [0.717, 1.165) is 24.9 Å². The number of aliphatic carboxylic acids is 2. The molecule has 29 heavy (non-hydrogen) atoms. The highest BCUT2D eigenvalue weighted by Gasteiger charge is 2.43. The topological polar surface area (TPSA) is 102 Å². The minimum absolute atomic E-state index is 0.210. The third-order valence-electron chi connectivity index (χ3n) is 4.37. The average Bonchev–Trinajstić information content (AvgIpc) is 2.44. The minimum atomic E-state index is -2.38. The van der Waals surface area contributed by atoms with Gasteiger partial charge in [0.05, 0.1) is 0 Å². The highest BCUT2D eigenvalue weighted by molar-refractivity contribution is 6.89. The zero-order valence-electron chi connectivity index (χ0n) is 19.6. The van der Waals surface area contributed by atoms with Gasteiger partial charge in [-0.25, -0.2) is 0 Å². The Morgan fingerprint density at radius 3 is 1.17 bits per heavy atom. The Morgan fingerprint density at radius 2 is 0.897 bits per heavy atom. The molecule has 0 unspecified atom stereocenters. The van der Waals surface area contributed by atoms with Crippen LogP contribution in [0.3, 0.4) is 0 Å². The van der Waals surface area contributed by atoms with E-state index in [2.05, 4.69) is 52.4 Å². The molecule has 0 saturated heterocycles. The molecule has 0 spiro atoms. The predicted molar refractivity (Wildman–Crippen MR) is 126 cm³/mol. The van der Waals surface area contributed by atoms with Gasteiger partial charge < -0.3 is 22.6 Å². The van der Waals surface area contributed by atoms with Crippen LogP contribution in [0.4, 0.5) is 0 Å². The van der Waals surface area contributed by atoms with Crippen molar-refractivity contribution in [3.63, 3.8) is 0 Å². The Labute approximate surface area is 180 Å². The summed E-state index contributed by atoms with van der Waals surface area (Å²) < 4.78 is 19.5. The van der Waals surface area contributed by atoms with Crippen molar-refractivity contribution in [2.75, 3.05) is 0 Å². The van der Waals surface area contributed by atoms with Gasteiger partial charge >= 0.3 is 29.1 Å². The smallest absolute Gasteiger partial charge is 0.312 e. The van der Waals surface area contributed by atoms with Crippen molar-refractivity contribution < 1.29 is 32.1 Å². The summed E-state index contributed by atoms with van der Waals surface area (Å²) in [5.41, 5.74) is 0. The van der Waals surface area contributed by atoms with Gasteiger partial charge in [0.15, 0.2) is 16.6 Å². The lowest BCUT2D eigenvalue weighted by molar-refractivity contribution is -0.138. The second kappa shape index (κ2) is 11.9. The second-order valence-corrected chi connectivity index (χ2v) is 25.9. The lowest BCUT2D eigenvalue weighted by atomic mass is 10.2. The van der Waals surface area contributed by atoms with Crippen LogP contribution in [0.5, 0.6) is 0 Å². The average molecular weight is 483 g/mol. The predicted octanol–water partition coefficient (Wildman–Crippen LogP) is 5.36. The number of carbonyl (C=O) groups is 2. The van der Waals surface area contributed by atoms with Gasteiger partial charge in [0.1, 0.15) is 0 Å². The summed E-state index contributed by atoms with van der Waals surface area (Å²) in [6.45, 7) is 16.9. The van der Waals surface area contributed by atoms with Crippen LogP contribution in [0.25, 0.3) is 0 Å². The Kier molecular flexibility index (Phi) is 11.8. The normalized spacial score (nSPS) is 13.5. The molecule has 0 amide bonds. The Balaban J connectivity index is 4.63. The van der Waals surface area contributed by atoms with Gasteiger partial charge in [0, 0.05) is 12.8 Å². The minimum Gasteiger partial charge on any atom is -0.481 e. The quantitative estimate of drug-likeness (QED) is 0.225. The Hall–Kier alpha value is -0.312. The lowest BCUT2D eigenvalue weighted by Gasteiger charge is -2.41. The fourth-order valence-electron chi connectivity index (χ4n) is 3.72. The van der Waals surface area contributed by atoms with Crippen molar-refractivity contribution in [1.29, 1.82) is 0 Å². The molecule has 0 aromatic heterocycles. The number of carboxylic acids is 2. The molecule has 2 N–H and O–H groups in total. The van der Waals surface area contributed by atoms with Gasteiger partial charge in [0.2, 0.25) is 0 Å². The summed E-state index contributed by atoms with van der Waals surface area (Å²) in [5.74, 6) is -1.49. The molecule has 0 aliphatic rings. The van der Waals surface area contributed by atoms with Crippen molar-refractivity contribution in [1.82, 2.24) is 0 Å². The number of carboxylic acid groups (broad SMARTS) is 2.